The van der Waals surface area contributed by atoms with Crippen LogP contribution in [0.25, 0.3) is 0 Å². The van der Waals surface area contributed by atoms with E-state index in [1.54, 1.807) is 20.8 Å². The summed E-state index contributed by atoms with van der Waals surface area (Å²) in [5.74, 6) is -1.25. The Kier molecular flexibility index (Phi) is 4.73. The van der Waals surface area contributed by atoms with Crippen molar-refractivity contribution in [1.82, 2.24) is 0 Å². The third kappa shape index (κ3) is 4.61. The SMILES string of the molecule is CC(OCCS(=O)(=O)C(C)(C)C)C(=O)O. The van der Waals surface area contributed by atoms with Gasteiger partial charge in [-0.2, -0.15) is 0 Å². The van der Waals surface area contributed by atoms with Gasteiger partial charge in [-0.15, -0.1) is 0 Å². The molecule has 1 unspecified atom stereocenters. The van der Waals surface area contributed by atoms with Crippen molar-refractivity contribution in [1.29, 1.82) is 0 Å². The predicted octanol–water partition coefficient (Wildman–Crippen LogP) is 0.689. The summed E-state index contributed by atoms with van der Waals surface area (Å²) in [5, 5.41) is 8.50. The van der Waals surface area contributed by atoms with Crippen LogP contribution in [-0.2, 0) is 19.4 Å². The highest BCUT2D eigenvalue weighted by molar-refractivity contribution is 7.92. The number of hydrogen-bond acceptors (Lipinski definition) is 4. The van der Waals surface area contributed by atoms with Crippen LogP contribution in [0.2, 0.25) is 0 Å². The van der Waals surface area contributed by atoms with Crippen LogP contribution in [0, 0.1) is 0 Å². The number of sulfone groups is 1. The molecule has 0 heterocycles. The summed E-state index contributed by atoms with van der Waals surface area (Å²) in [5.41, 5.74) is 0. The molecule has 0 aromatic heterocycles. The fourth-order valence-corrected chi connectivity index (χ4v) is 1.64. The van der Waals surface area contributed by atoms with Gasteiger partial charge in [0, 0.05) is 0 Å². The zero-order valence-corrected chi connectivity index (χ0v) is 10.3. The molecule has 0 spiro atoms. The van der Waals surface area contributed by atoms with E-state index >= 15 is 0 Å². The standard InChI is InChI=1S/C9H18O5S/c1-7(8(10)11)14-5-6-15(12,13)9(2,3)4/h7H,5-6H2,1-4H3,(H,10,11). The Morgan fingerprint density at radius 3 is 2.20 bits per heavy atom. The second-order valence-corrected chi connectivity index (χ2v) is 7.14. The average Bonchev–Trinajstić information content (AvgIpc) is 2.01. The fourth-order valence-electron chi connectivity index (χ4n) is 0.712. The van der Waals surface area contributed by atoms with Gasteiger partial charge >= 0.3 is 5.97 Å². The van der Waals surface area contributed by atoms with Crippen molar-refractivity contribution in [3.8, 4) is 0 Å². The number of rotatable bonds is 5. The highest BCUT2D eigenvalue weighted by atomic mass is 32.2. The van der Waals surface area contributed by atoms with Crippen LogP contribution in [0.1, 0.15) is 27.7 Å². The van der Waals surface area contributed by atoms with Gasteiger partial charge in [-0.05, 0) is 27.7 Å². The Morgan fingerprint density at radius 1 is 1.40 bits per heavy atom. The molecule has 0 aliphatic rings. The lowest BCUT2D eigenvalue weighted by Gasteiger charge is -2.19. The summed E-state index contributed by atoms with van der Waals surface area (Å²) in [6.07, 6.45) is -0.972. The maximum Gasteiger partial charge on any atom is 0.332 e. The molecular formula is C9H18O5S. The molecule has 15 heavy (non-hydrogen) atoms. The molecule has 0 saturated carbocycles. The van der Waals surface area contributed by atoms with E-state index in [0.29, 0.717) is 0 Å². The largest absolute Gasteiger partial charge is 0.479 e. The quantitative estimate of drug-likeness (QED) is 0.762. The Bertz CT molecular complexity index is 312. The van der Waals surface area contributed by atoms with Gasteiger partial charge in [0.2, 0.25) is 0 Å². The Balaban J connectivity index is 4.14. The van der Waals surface area contributed by atoms with Gasteiger partial charge < -0.3 is 9.84 Å². The van der Waals surface area contributed by atoms with Crippen molar-refractivity contribution in [2.45, 2.75) is 38.5 Å². The average molecular weight is 238 g/mol. The molecule has 0 aromatic rings. The van der Waals surface area contributed by atoms with E-state index in [2.05, 4.69) is 0 Å². The minimum absolute atomic E-state index is 0.0902. The molecule has 0 fully saturated rings. The second kappa shape index (κ2) is 4.94. The number of ether oxygens (including phenoxy) is 1. The maximum absolute atomic E-state index is 11.6. The van der Waals surface area contributed by atoms with Crippen LogP contribution in [0.3, 0.4) is 0 Å². The highest BCUT2D eigenvalue weighted by Crippen LogP contribution is 2.15. The minimum atomic E-state index is -3.24. The monoisotopic (exact) mass is 238 g/mol. The first-order chi connectivity index (χ1) is 6.58. The fraction of sp³-hybridized carbons (Fsp3) is 0.889. The smallest absolute Gasteiger partial charge is 0.332 e. The van der Waals surface area contributed by atoms with Crippen LogP contribution in [0.15, 0.2) is 0 Å². The molecule has 1 atom stereocenters. The van der Waals surface area contributed by atoms with Crippen molar-refractivity contribution in [3.63, 3.8) is 0 Å². The summed E-state index contributed by atoms with van der Waals surface area (Å²) >= 11 is 0. The first-order valence-corrected chi connectivity index (χ1v) is 6.30. The van der Waals surface area contributed by atoms with E-state index in [-0.39, 0.29) is 12.4 Å². The van der Waals surface area contributed by atoms with Gasteiger partial charge in [-0.1, -0.05) is 0 Å². The Labute approximate surface area is 90.4 Å². The zero-order valence-electron chi connectivity index (χ0n) is 9.48. The zero-order chi connectivity index (χ0) is 12.3. The lowest BCUT2D eigenvalue weighted by Crippen LogP contribution is -2.33. The summed E-state index contributed by atoms with van der Waals surface area (Å²) < 4.78 is 27.2. The third-order valence-corrected chi connectivity index (χ3v) is 4.57. The molecule has 90 valence electrons. The minimum Gasteiger partial charge on any atom is -0.479 e. The number of carbonyl (C=O) groups is 1. The van der Waals surface area contributed by atoms with Gasteiger partial charge in [0.1, 0.15) is 0 Å². The van der Waals surface area contributed by atoms with Crippen LogP contribution in [-0.4, -0.2) is 42.7 Å². The van der Waals surface area contributed by atoms with Crippen LogP contribution in [0.4, 0.5) is 0 Å². The van der Waals surface area contributed by atoms with Gasteiger partial charge in [-0.25, -0.2) is 13.2 Å². The molecule has 0 radical (unpaired) electrons. The van der Waals surface area contributed by atoms with Crippen molar-refractivity contribution in [3.05, 3.63) is 0 Å². The van der Waals surface area contributed by atoms with Crippen molar-refractivity contribution in [2.24, 2.45) is 0 Å². The molecule has 5 nitrogen and oxygen atoms in total. The number of hydrogen-bond donors (Lipinski definition) is 1. The first-order valence-electron chi connectivity index (χ1n) is 4.64. The molecule has 0 saturated heterocycles. The van der Waals surface area contributed by atoms with E-state index in [1.165, 1.54) is 6.92 Å². The number of carboxylic acid groups (broad SMARTS) is 1. The third-order valence-electron chi connectivity index (χ3n) is 2.00. The second-order valence-electron chi connectivity index (χ2n) is 4.28. The molecule has 0 aliphatic carbocycles. The molecule has 0 bridgehead atoms. The lowest BCUT2D eigenvalue weighted by atomic mass is 10.3. The van der Waals surface area contributed by atoms with E-state index in [4.69, 9.17) is 9.84 Å². The van der Waals surface area contributed by atoms with E-state index in [1.807, 2.05) is 0 Å². The summed E-state index contributed by atoms with van der Waals surface area (Å²) in [6, 6.07) is 0. The summed E-state index contributed by atoms with van der Waals surface area (Å²) in [7, 11) is -3.24. The molecule has 0 aromatic carbocycles. The van der Waals surface area contributed by atoms with Crippen molar-refractivity contribution < 1.29 is 23.1 Å². The van der Waals surface area contributed by atoms with E-state index in [0.717, 1.165) is 0 Å². The maximum atomic E-state index is 11.6. The number of aliphatic carboxylic acids is 1. The molecule has 0 amide bonds. The van der Waals surface area contributed by atoms with Crippen LogP contribution < -0.4 is 0 Å². The van der Waals surface area contributed by atoms with Gasteiger partial charge in [0.15, 0.2) is 15.9 Å². The highest BCUT2D eigenvalue weighted by Gasteiger charge is 2.28. The molecule has 6 heteroatoms. The van der Waals surface area contributed by atoms with Crippen molar-refractivity contribution in [2.75, 3.05) is 12.4 Å². The normalized spacial score (nSPS) is 14.9. The first kappa shape index (κ1) is 14.4. The lowest BCUT2D eigenvalue weighted by molar-refractivity contribution is -0.148. The van der Waals surface area contributed by atoms with Gasteiger partial charge in [0.05, 0.1) is 17.1 Å². The Morgan fingerprint density at radius 2 is 1.87 bits per heavy atom. The Hall–Kier alpha value is -0.620. The summed E-state index contributed by atoms with van der Waals surface area (Å²) in [6.45, 7) is 6.08. The number of carboxylic acids is 1. The molecule has 0 rings (SSSR count). The van der Waals surface area contributed by atoms with Crippen molar-refractivity contribution >= 4 is 15.8 Å². The molecule has 0 aliphatic heterocycles. The van der Waals surface area contributed by atoms with Gasteiger partial charge in [0.25, 0.3) is 0 Å². The topological polar surface area (TPSA) is 80.7 Å². The van der Waals surface area contributed by atoms with E-state index in [9.17, 15) is 13.2 Å². The molecule has 1 N–H and O–H groups in total. The summed E-state index contributed by atoms with van der Waals surface area (Å²) in [4.78, 5) is 10.4. The predicted molar refractivity (Wildman–Crippen MR) is 56.6 cm³/mol. The van der Waals surface area contributed by atoms with Crippen LogP contribution in [0.5, 0.6) is 0 Å². The molecular weight excluding hydrogens is 220 g/mol. The van der Waals surface area contributed by atoms with Gasteiger partial charge in [-0.3, -0.25) is 0 Å². The van der Waals surface area contributed by atoms with E-state index < -0.39 is 26.7 Å². The van der Waals surface area contributed by atoms with Crippen LogP contribution >= 0.6 is 0 Å².